The standard InChI is InChI=1S/C23H15Cl3FN3O2S/c1-11-8-13(12(2)29(11)14-6-7-18(27)17(25)10-14)9-15-21(31)28-23(33)30(22(15)32)19-5-3-4-16(24)20(19)26/h3-10H,1-2H3,(H,28,31,33)/b15-9+. The van der Waals surface area contributed by atoms with Crippen molar-refractivity contribution in [2.24, 2.45) is 0 Å². The lowest BCUT2D eigenvalue weighted by molar-refractivity contribution is -0.122. The second-order valence-electron chi connectivity index (χ2n) is 7.29. The zero-order valence-corrected chi connectivity index (χ0v) is 20.3. The van der Waals surface area contributed by atoms with Gasteiger partial charge >= 0.3 is 0 Å². The number of carbonyl (C=O) groups is 2. The van der Waals surface area contributed by atoms with E-state index in [9.17, 15) is 14.0 Å². The van der Waals surface area contributed by atoms with Crippen LogP contribution in [0.3, 0.4) is 0 Å². The van der Waals surface area contributed by atoms with Gasteiger partial charge in [-0.05, 0) is 74.1 Å². The maximum atomic E-state index is 13.6. The monoisotopic (exact) mass is 521 g/mol. The molecule has 0 spiro atoms. The average Bonchev–Trinajstić information content (AvgIpc) is 3.03. The summed E-state index contributed by atoms with van der Waals surface area (Å²) in [6.07, 6.45) is 1.48. The summed E-state index contributed by atoms with van der Waals surface area (Å²) in [5, 5.41) is 2.79. The van der Waals surface area contributed by atoms with Crippen LogP contribution in [0.1, 0.15) is 17.0 Å². The van der Waals surface area contributed by atoms with Crippen LogP contribution in [0.4, 0.5) is 10.1 Å². The van der Waals surface area contributed by atoms with Gasteiger partial charge in [-0.2, -0.15) is 0 Å². The van der Waals surface area contributed by atoms with Crippen molar-refractivity contribution in [2.75, 3.05) is 4.90 Å². The van der Waals surface area contributed by atoms with Crippen LogP contribution in [0.5, 0.6) is 0 Å². The largest absolute Gasteiger partial charge is 0.318 e. The molecular formula is C23H15Cl3FN3O2S. The minimum atomic E-state index is -0.637. The molecule has 168 valence electrons. The second kappa shape index (κ2) is 8.91. The highest BCUT2D eigenvalue weighted by atomic mass is 35.5. The summed E-state index contributed by atoms with van der Waals surface area (Å²) in [6.45, 7) is 3.67. The molecule has 0 bridgehead atoms. The van der Waals surface area contributed by atoms with Gasteiger partial charge in [0.25, 0.3) is 11.8 Å². The Morgan fingerprint density at radius 3 is 2.45 bits per heavy atom. The first-order chi connectivity index (χ1) is 15.6. The van der Waals surface area contributed by atoms with Crippen LogP contribution in [0.15, 0.2) is 48.0 Å². The zero-order valence-electron chi connectivity index (χ0n) is 17.2. The number of hydrogen-bond acceptors (Lipinski definition) is 3. The van der Waals surface area contributed by atoms with Gasteiger partial charge in [0.2, 0.25) is 0 Å². The summed E-state index contributed by atoms with van der Waals surface area (Å²) < 4.78 is 15.5. The van der Waals surface area contributed by atoms with Crippen molar-refractivity contribution in [3.8, 4) is 5.69 Å². The van der Waals surface area contributed by atoms with Gasteiger partial charge in [-0.15, -0.1) is 0 Å². The Kier molecular flexibility index (Phi) is 6.33. The smallest absolute Gasteiger partial charge is 0.270 e. The molecule has 0 radical (unpaired) electrons. The van der Waals surface area contributed by atoms with Gasteiger partial charge in [-0.25, -0.2) is 4.39 Å². The molecule has 4 rings (SSSR count). The van der Waals surface area contributed by atoms with Crippen LogP contribution in [0.2, 0.25) is 15.1 Å². The van der Waals surface area contributed by atoms with Crippen molar-refractivity contribution in [3.63, 3.8) is 0 Å². The Hall–Kier alpha value is -2.71. The first-order valence-electron chi connectivity index (χ1n) is 9.60. The van der Waals surface area contributed by atoms with Gasteiger partial charge in [-0.1, -0.05) is 40.9 Å². The average molecular weight is 523 g/mol. The number of nitrogens with zero attached hydrogens (tertiary/aromatic N) is 2. The molecule has 0 unspecified atom stereocenters. The minimum absolute atomic E-state index is 0.00991. The van der Waals surface area contributed by atoms with Crippen LogP contribution < -0.4 is 10.2 Å². The lowest BCUT2D eigenvalue weighted by Gasteiger charge is -2.29. The minimum Gasteiger partial charge on any atom is -0.318 e. The molecule has 2 aromatic carbocycles. The number of amides is 2. The molecule has 0 aliphatic carbocycles. The maximum absolute atomic E-state index is 13.6. The molecule has 1 aromatic heterocycles. The molecule has 5 nitrogen and oxygen atoms in total. The van der Waals surface area contributed by atoms with Crippen LogP contribution in [0, 0.1) is 19.7 Å². The number of benzene rings is 2. The van der Waals surface area contributed by atoms with Crippen LogP contribution >= 0.6 is 47.0 Å². The Morgan fingerprint density at radius 1 is 1.03 bits per heavy atom. The topological polar surface area (TPSA) is 54.3 Å². The van der Waals surface area contributed by atoms with Gasteiger partial charge in [0.05, 0.1) is 20.8 Å². The molecule has 10 heteroatoms. The summed E-state index contributed by atoms with van der Waals surface area (Å²) >= 11 is 23.5. The highest BCUT2D eigenvalue weighted by Crippen LogP contribution is 2.35. The van der Waals surface area contributed by atoms with E-state index in [0.717, 1.165) is 16.3 Å². The summed E-state index contributed by atoms with van der Waals surface area (Å²) in [5.41, 5.74) is 2.93. The Bertz CT molecular complexity index is 1380. The van der Waals surface area contributed by atoms with Crippen LogP contribution in [-0.4, -0.2) is 21.5 Å². The number of anilines is 1. The quantitative estimate of drug-likeness (QED) is 0.260. The fraction of sp³-hybridized carbons (Fsp3) is 0.0870. The number of hydrogen-bond donors (Lipinski definition) is 1. The number of halogens is 4. The van der Waals surface area contributed by atoms with Crippen molar-refractivity contribution in [3.05, 3.63) is 85.9 Å². The van der Waals surface area contributed by atoms with Crippen LogP contribution in [-0.2, 0) is 9.59 Å². The SMILES string of the molecule is Cc1cc(/C=C2\C(=O)NC(=S)N(c3cccc(Cl)c3Cl)C2=O)c(C)n1-c1ccc(F)c(Cl)c1. The van der Waals surface area contributed by atoms with E-state index in [1.807, 2.05) is 24.5 Å². The van der Waals surface area contributed by atoms with E-state index < -0.39 is 17.6 Å². The van der Waals surface area contributed by atoms with Gasteiger partial charge in [0.15, 0.2) is 5.11 Å². The summed E-state index contributed by atoms with van der Waals surface area (Å²) in [5.74, 6) is -1.79. The van der Waals surface area contributed by atoms with E-state index in [2.05, 4.69) is 5.32 Å². The number of aryl methyl sites for hydroxylation is 1. The van der Waals surface area contributed by atoms with Gasteiger partial charge < -0.3 is 4.57 Å². The van der Waals surface area contributed by atoms with Crippen molar-refractivity contribution in [2.45, 2.75) is 13.8 Å². The number of thiocarbonyl (C=S) groups is 1. The lowest BCUT2D eigenvalue weighted by Crippen LogP contribution is -2.54. The molecule has 0 atom stereocenters. The molecule has 1 saturated heterocycles. The fourth-order valence-corrected chi connectivity index (χ4v) is 4.48. The predicted molar refractivity (Wildman–Crippen MR) is 133 cm³/mol. The molecule has 2 heterocycles. The molecule has 1 fully saturated rings. The molecule has 1 N–H and O–H groups in total. The van der Waals surface area contributed by atoms with E-state index in [4.69, 9.17) is 47.0 Å². The maximum Gasteiger partial charge on any atom is 0.270 e. The molecular weight excluding hydrogens is 508 g/mol. The summed E-state index contributed by atoms with van der Waals surface area (Å²) in [7, 11) is 0. The highest BCUT2D eigenvalue weighted by Gasteiger charge is 2.36. The van der Waals surface area contributed by atoms with E-state index in [-0.39, 0.29) is 31.4 Å². The molecule has 0 saturated carbocycles. The summed E-state index contributed by atoms with van der Waals surface area (Å²) in [4.78, 5) is 27.1. The van der Waals surface area contributed by atoms with Gasteiger partial charge in [0.1, 0.15) is 11.4 Å². The summed E-state index contributed by atoms with van der Waals surface area (Å²) in [6, 6.07) is 11.0. The van der Waals surface area contributed by atoms with E-state index >= 15 is 0 Å². The van der Waals surface area contributed by atoms with Crippen molar-refractivity contribution in [1.29, 1.82) is 0 Å². The molecule has 1 aliphatic heterocycles. The highest BCUT2D eigenvalue weighted by molar-refractivity contribution is 7.80. The normalized spacial score (nSPS) is 15.4. The van der Waals surface area contributed by atoms with E-state index in [1.54, 1.807) is 24.3 Å². The lowest BCUT2D eigenvalue weighted by atomic mass is 10.1. The Labute approximate surface area is 209 Å². The molecule has 3 aromatic rings. The van der Waals surface area contributed by atoms with Crippen molar-refractivity contribution in [1.82, 2.24) is 9.88 Å². The number of rotatable bonds is 3. The second-order valence-corrected chi connectivity index (χ2v) is 8.87. The fourth-order valence-electron chi connectivity index (χ4n) is 3.65. The van der Waals surface area contributed by atoms with Crippen LogP contribution in [0.25, 0.3) is 11.8 Å². The first-order valence-corrected chi connectivity index (χ1v) is 11.1. The molecule has 2 amide bonds. The third-order valence-electron chi connectivity index (χ3n) is 5.21. The van der Waals surface area contributed by atoms with Crippen molar-refractivity contribution >= 4 is 75.7 Å². The zero-order chi connectivity index (χ0) is 24.0. The van der Waals surface area contributed by atoms with Gasteiger partial charge in [-0.3, -0.25) is 19.8 Å². The Balaban J connectivity index is 1.79. The van der Waals surface area contributed by atoms with Crippen molar-refractivity contribution < 1.29 is 14.0 Å². The predicted octanol–water partition coefficient (Wildman–Crippen LogP) is 6.02. The number of nitrogens with one attached hydrogen (secondary N) is 1. The number of carbonyl (C=O) groups excluding carboxylic acids is 2. The molecule has 33 heavy (non-hydrogen) atoms. The van der Waals surface area contributed by atoms with E-state index in [0.29, 0.717) is 11.3 Å². The third kappa shape index (κ3) is 4.17. The third-order valence-corrected chi connectivity index (χ3v) is 6.59. The van der Waals surface area contributed by atoms with E-state index in [1.165, 1.54) is 18.2 Å². The molecule has 1 aliphatic rings. The van der Waals surface area contributed by atoms with Gasteiger partial charge in [0, 0.05) is 17.1 Å². The first kappa shape index (κ1) is 23.4. The Morgan fingerprint density at radius 2 is 1.76 bits per heavy atom. The number of aromatic nitrogens is 1.